The van der Waals surface area contributed by atoms with E-state index in [4.69, 9.17) is 9.47 Å². The fraction of sp³-hybridized carbons (Fsp3) is 0.857. The van der Waals surface area contributed by atoms with Crippen molar-refractivity contribution in [1.29, 1.82) is 0 Å². The molecule has 1 heterocycles. The van der Waals surface area contributed by atoms with Crippen molar-refractivity contribution in [3.05, 3.63) is 0 Å². The number of rotatable bonds is 2. The maximum Gasteiger partial charge on any atom is 0.327 e. The molecule has 0 aliphatic carbocycles. The summed E-state index contributed by atoms with van der Waals surface area (Å²) in [5.41, 5.74) is 0. The number of morpholine rings is 1. The third-order valence-electron chi connectivity index (χ3n) is 1.42. The van der Waals surface area contributed by atoms with Crippen LogP contribution in [0.15, 0.2) is 0 Å². The molecule has 4 heteroatoms. The van der Waals surface area contributed by atoms with Crippen LogP contribution in [0.2, 0.25) is 0 Å². The Balaban J connectivity index is 2.27. The zero-order valence-electron chi connectivity index (χ0n) is 6.58. The normalized spacial score (nSPS) is 24.6. The van der Waals surface area contributed by atoms with E-state index in [2.05, 4.69) is 5.32 Å². The predicted molar refractivity (Wildman–Crippen MR) is 38.2 cm³/mol. The second-order valence-electron chi connectivity index (χ2n) is 2.25. The van der Waals surface area contributed by atoms with Crippen LogP contribution in [0, 0.1) is 0 Å². The van der Waals surface area contributed by atoms with Gasteiger partial charge in [0.2, 0.25) is 0 Å². The van der Waals surface area contributed by atoms with E-state index in [1.54, 1.807) is 6.92 Å². The lowest BCUT2D eigenvalue weighted by molar-refractivity contribution is -0.148. The Bertz CT molecular complexity index is 132. The highest BCUT2D eigenvalue weighted by Gasteiger charge is 2.23. The largest absolute Gasteiger partial charge is 0.465 e. The highest BCUT2D eigenvalue weighted by molar-refractivity contribution is 5.75. The Morgan fingerprint density at radius 3 is 3.18 bits per heavy atom. The highest BCUT2D eigenvalue weighted by Crippen LogP contribution is 1.97. The lowest BCUT2D eigenvalue weighted by Crippen LogP contribution is -2.42. The smallest absolute Gasteiger partial charge is 0.327 e. The van der Waals surface area contributed by atoms with Gasteiger partial charge in [-0.05, 0) is 6.92 Å². The van der Waals surface area contributed by atoms with Gasteiger partial charge in [0.15, 0.2) is 0 Å². The monoisotopic (exact) mass is 158 g/mol. The van der Waals surface area contributed by atoms with Crippen LogP contribution >= 0.6 is 0 Å². The van der Waals surface area contributed by atoms with E-state index in [9.17, 15) is 4.79 Å². The van der Waals surface area contributed by atoms with Crippen molar-refractivity contribution in [3.8, 4) is 0 Å². The number of hydrogen-bond acceptors (Lipinski definition) is 3. The molecule has 11 heavy (non-hydrogen) atoms. The van der Waals surface area contributed by atoms with Gasteiger partial charge in [-0.3, -0.25) is 4.79 Å². The van der Waals surface area contributed by atoms with Gasteiger partial charge in [-0.2, -0.15) is 0 Å². The van der Waals surface area contributed by atoms with Crippen molar-refractivity contribution < 1.29 is 14.3 Å². The van der Waals surface area contributed by atoms with Gasteiger partial charge in [0, 0.05) is 6.54 Å². The molecule has 0 aromatic rings. The number of esters is 1. The summed E-state index contributed by atoms with van der Waals surface area (Å²) < 4.78 is 9.82. The topological polar surface area (TPSA) is 49.6 Å². The molecule has 1 fully saturated rings. The van der Waals surface area contributed by atoms with Crippen LogP contribution in [-0.2, 0) is 14.3 Å². The Kier molecular flexibility index (Phi) is 3.32. The van der Waals surface area contributed by atoms with E-state index in [1.807, 2.05) is 0 Å². The van der Waals surface area contributed by atoms with Gasteiger partial charge < -0.3 is 9.47 Å². The van der Waals surface area contributed by atoms with Crippen LogP contribution in [0.3, 0.4) is 0 Å². The van der Waals surface area contributed by atoms with E-state index in [1.165, 1.54) is 0 Å². The lowest BCUT2D eigenvalue weighted by Gasteiger charge is -2.19. The van der Waals surface area contributed by atoms with E-state index in [0.717, 1.165) is 0 Å². The minimum absolute atomic E-state index is 0.271. The molecule has 1 radical (unpaired) electrons. The van der Waals surface area contributed by atoms with Crippen LogP contribution in [0.4, 0.5) is 0 Å². The first-order chi connectivity index (χ1) is 5.34. The third kappa shape index (κ3) is 2.48. The van der Waals surface area contributed by atoms with E-state index in [-0.39, 0.29) is 12.0 Å². The average molecular weight is 158 g/mol. The maximum atomic E-state index is 11.0. The van der Waals surface area contributed by atoms with Gasteiger partial charge in [-0.1, -0.05) is 0 Å². The summed E-state index contributed by atoms with van der Waals surface area (Å²) in [6.07, 6.45) is 0. The summed E-state index contributed by atoms with van der Waals surface area (Å²) in [4.78, 5) is 11.0. The average Bonchev–Trinajstić information content (AvgIpc) is 2.07. The molecular formula is C7H12NO3. The summed E-state index contributed by atoms with van der Waals surface area (Å²) in [6.45, 7) is 3.78. The molecule has 1 saturated heterocycles. The SMILES string of the molecule is CCOC(=O)C1COCC[N]1. The Labute approximate surface area is 65.9 Å². The molecule has 63 valence electrons. The Hall–Kier alpha value is -0.610. The van der Waals surface area contributed by atoms with Gasteiger partial charge in [-0.25, -0.2) is 5.32 Å². The molecule has 0 N–H and O–H groups in total. The molecule has 0 aromatic heterocycles. The molecule has 1 rings (SSSR count). The molecule has 0 spiro atoms. The van der Waals surface area contributed by atoms with Gasteiger partial charge in [0.1, 0.15) is 6.04 Å². The molecular weight excluding hydrogens is 146 g/mol. The summed E-state index contributed by atoms with van der Waals surface area (Å²) in [5.74, 6) is -0.271. The fourth-order valence-corrected chi connectivity index (χ4v) is 0.902. The Morgan fingerprint density at radius 2 is 2.64 bits per heavy atom. The van der Waals surface area contributed by atoms with Crippen LogP contribution < -0.4 is 5.32 Å². The molecule has 1 aliphatic rings. The maximum absolute atomic E-state index is 11.0. The van der Waals surface area contributed by atoms with Crippen molar-refractivity contribution >= 4 is 5.97 Å². The molecule has 0 amide bonds. The van der Waals surface area contributed by atoms with E-state index < -0.39 is 0 Å². The van der Waals surface area contributed by atoms with Crippen LogP contribution in [0.5, 0.6) is 0 Å². The Morgan fingerprint density at radius 1 is 1.82 bits per heavy atom. The van der Waals surface area contributed by atoms with Gasteiger partial charge in [0.25, 0.3) is 0 Å². The number of hydrogen-bond donors (Lipinski definition) is 0. The first-order valence-electron chi connectivity index (χ1n) is 3.75. The minimum atomic E-state index is -0.385. The number of carbonyl (C=O) groups is 1. The fourth-order valence-electron chi connectivity index (χ4n) is 0.902. The van der Waals surface area contributed by atoms with E-state index in [0.29, 0.717) is 26.4 Å². The van der Waals surface area contributed by atoms with Crippen molar-refractivity contribution in [2.75, 3.05) is 26.4 Å². The molecule has 0 saturated carbocycles. The van der Waals surface area contributed by atoms with Gasteiger partial charge in [-0.15, -0.1) is 0 Å². The first-order valence-corrected chi connectivity index (χ1v) is 3.75. The highest BCUT2D eigenvalue weighted by atomic mass is 16.5. The molecule has 1 unspecified atom stereocenters. The van der Waals surface area contributed by atoms with Crippen LogP contribution in [0.1, 0.15) is 6.92 Å². The summed E-state index contributed by atoms with van der Waals surface area (Å²) >= 11 is 0. The minimum Gasteiger partial charge on any atom is -0.465 e. The third-order valence-corrected chi connectivity index (χ3v) is 1.42. The number of ether oxygens (including phenoxy) is 2. The van der Waals surface area contributed by atoms with Crippen molar-refractivity contribution in [2.24, 2.45) is 0 Å². The first kappa shape index (κ1) is 8.49. The summed E-state index contributed by atoms with van der Waals surface area (Å²) in [6, 6.07) is -0.385. The second kappa shape index (κ2) is 4.31. The summed E-state index contributed by atoms with van der Waals surface area (Å²) in [5, 5.41) is 4.05. The molecule has 0 bridgehead atoms. The standard InChI is InChI=1S/C7H12NO3/c1-2-11-7(9)6-5-10-4-3-8-6/h6H,2-5H2,1H3. The van der Waals surface area contributed by atoms with Crippen LogP contribution in [0.25, 0.3) is 0 Å². The molecule has 4 nitrogen and oxygen atoms in total. The van der Waals surface area contributed by atoms with E-state index >= 15 is 0 Å². The van der Waals surface area contributed by atoms with Gasteiger partial charge >= 0.3 is 5.97 Å². The molecule has 1 atom stereocenters. The quantitative estimate of drug-likeness (QED) is 0.511. The zero-order valence-corrected chi connectivity index (χ0v) is 6.58. The molecule has 1 aliphatic heterocycles. The van der Waals surface area contributed by atoms with Gasteiger partial charge in [0.05, 0.1) is 19.8 Å². The van der Waals surface area contributed by atoms with Crippen molar-refractivity contribution in [1.82, 2.24) is 5.32 Å². The molecule has 0 aromatic carbocycles. The summed E-state index contributed by atoms with van der Waals surface area (Å²) in [7, 11) is 0. The van der Waals surface area contributed by atoms with Crippen LogP contribution in [-0.4, -0.2) is 38.4 Å². The second-order valence-corrected chi connectivity index (χ2v) is 2.25. The van der Waals surface area contributed by atoms with Crippen molar-refractivity contribution in [2.45, 2.75) is 13.0 Å². The lowest BCUT2D eigenvalue weighted by atomic mass is 10.3. The number of carbonyl (C=O) groups excluding carboxylic acids is 1. The zero-order chi connectivity index (χ0) is 8.10. The van der Waals surface area contributed by atoms with Crippen molar-refractivity contribution in [3.63, 3.8) is 0 Å². The number of nitrogens with zero attached hydrogens (tertiary/aromatic N) is 1. The predicted octanol–water partition coefficient (Wildman–Crippen LogP) is -0.447.